The molecule has 132 valence electrons. The van der Waals surface area contributed by atoms with Gasteiger partial charge in [-0.2, -0.15) is 13.2 Å². The summed E-state index contributed by atoms with van der Waals surface area (Å²) in [5.41, 5.74) is 1.08. The van der Waals surface area contributed by atoms with Crippen molar-refractivity contribution in [3.8, 4) is 0 Å². The van der Waals surface area contributed by atoms with Gasteiger partial charge in [0.05, 0.1) is 28.8 Å². The molecule has 4 rings (SSSR count). The quantitative estimate of drug-likeness (QED) is 0.482. The van der Waals surface area contributed by atoms with Gasteiger partial charge in [-0.15, -0.1) is 0 Å². The zero-order valence-electron chi connectivity index (χ0n) is 13.7. The van der Waals surface area contributed by atoms with Gasteiger partial charge in [0.15, 0.2) is 0 Å². The summed E-state index contributed by atoms with van der Waals surface area (Å²) >= 11 is 0. The highest BCUT2D eigenvalue weighted by Crippen LogP contribution is 2.35. The molecule has 7 heteroatoms. The monoisotopic (exact) mass is 358 g/mol. The highest BCUT2D eigenvalue weighted by atomic mass is 19.4. The lowest BCUT2D eigenvalue weighted by atomic mass is 10.00. The first-order chi connectivity index (χ1) is 12.4. The molecule has 2 heterocycles. The van der Waals surface area contributed by atoms with Gasteiger partial charge in [0, 0.05) is 11.6 Å². The molecule has 0 amide bonds. The van der Waals surface area contributed by atoms with Crippen molar-refractivity contribution >= 4 is 33.4 Å². The van der Waals surface area contributed by atoms with Crippen LogP contribution in [0.5, 0.6) is 0 Å². The van der Waals surface area contributed by atoms with Crippen molar-refractivity contribution in [1.29, 1.82) is 0 Å². The first kappa shape index (κ1) is 16.4. The highest BCUT2D eigenvalue weighted by molar-refractivity contribution is 6.15. The number of alkyl halides is 3. The van der Waals surface area contributed by atoms with E-state index in [1.807, 2.05) is 12.1 Å². The fourth-order valence-corrected chi connectivity index (χ4v) is 3.09. The highest BCUT2D eigenvalue weighted by Gasteiger charge is 2.31. The molecule has 0 saturated heterocycles. The summed E-state index contributed by atoms with van der Waals surface area (Å²) in [6.07, 6.45) is -2.72. The number of halogens is 3. The molecule has 26 heavy (non-hydrogen) atoms. The van der Waals surface area contributed by atoms with E-state index in [-0.39, 0.29) is 17.6 Å². The van der Waals surface area contributed by atoms with Crippen molar-refractivity contribution in [3.63, 3.8) is 0 Å². The fourth-order valence-electron chi connectivity index (χ4n) is 3.09. The number of imidazole rings is 1. The van der Waals surface area contributed by atoms with Crippen molar-refractivity contribution in [1.82, 2.24) is 9.38 Å². The minimum absolute atomic E-state index is 0.0890. The van der Waals surface area contributed by atoms with Crippen LogP contribution in [-0.4, -0.2) is 22.0 Å². The molecule has 0 bridgehead atoms. The maximum absolute atomic E-state index is 13.1. The Morgan fingerprint density at radius 3 is 2.69 bits per heavy atom. The van der Waals surface area contributed by atoms with Crippen LogP contribution in [0.25, 0.3) is 27.5 Å². The van der Waals surface area contributed by atoms with Crippen LogP contribution in [0.1, 0.15) is 22.8 Å². The van der Waals surface area contributed by atoms with Gasteiger partial charge in [0.2, 0.25) is 0 Å². The number of hydrogen-bond acceptors (Lipinski definition) is 3. The number of carbonyl (C=O) groups excluding carboxylic acids is 1. The summed E-state index contributed by atoms with van der Waals surface area (Å²) in [4.78, 5) is 16.9. The number of esters is 1. The van der Waals surface area contributed by atoms with E-state index in [1.54, 1.807) is 23.6 Å². The fraction of sp³-hybridized carbons (Fsp3) is 0.158. The van der Waals surface area contributed by atoms with Gasteiger partial charge < -0.3 is 4.74 Å². The summed E-state index contributed by atoms with van der Waals surface area (Å²) < 4.78 is 46.3. The Hall–Kier alpha value is -3.09. The van der Waals surface area contributed by atoms with Crippen LogP contribution in [0.4, 0.5) is 13.2 Å². The Morgan fingerprint density at radius 2 is 1.96 bits per heavy atom. The van der Waals surface area contributed by atoms with E-state index in [0.717, 1.165) is 12.1 Å². The predicted molar refractivity (Wildman–Crippen MR) is 91.2 cm³/mol. The molecule has 0 fully saturated rings. The molecule has 0 spiro atoms. The number of aromatic nitrogens is 2. The summed E-state index contributed by atoms with van der Waals surface area (Å²) in [6.45, 7) is 1.78. The largest absolute Gasteiger partial charge is 0.462 e. The van der Waals surface area contributed by atoms with Crippen LogP contribution in [0.3, 0.4) is 0 Å². The predicted octanol–water partition coefficient (Wildman–Crippen LogP) is 4.84. The van der Waals surface area contributed by atoms with E-state index in [2.05, 4.69) is 4.98 Å². The lowest BCUT2D eigenvalue weighted by molar-refractivity contribution is -0.137. The van der Waals surface area contributed by atoms with Crippen molar-refractivity contribution < 1.29 is 22.7 Å². The van der Waals surface area contributed by atoms with Crippen molar-refractivity contribution in [2.45, 2.75) is 13.1 Å². The normalized spacial score (nSPS) is 12.2. The molecule has 0 atom stereocenters. The number of hydrogen-bond donors (Lipinski definition) is 0. The van der Waals surface area contributed by atoms with Crippen molar-refractivity contribution in [2.24, 2.45) is 0 Å². The first-order valence-electron chi connectivity index (χ1n) is 7.98. The zero-order chi connectivity index (χ0) is 18.5. The molecule has 4 nitrogen and oxygen atoms in total. The lowest BCUT2D eigenvalue weighted by Crippen LogP contribution is -2.08. The van der Waals surface area contributed by atoms with Crippen molar-refractivity contribution in [3.05, 3.63) is 59.8 Å². The topological polar surface area (TPSA) is 43.6 Å². The van der Waals surface area contributed by atoms with Gasteiger partial charge in [0.1, 0.15) is 5.65 Å². The van der Waals surface area contributed by atoms with Gasteiger partial charge in [0.25, 0.3) is 0 Å². The minimum Gasteiger partial charge on any atom is -0.462 e. The third kappa shape index (κ3) is 2.47. The van der Waals surface area contributed by atoms with Gasteiger partial charge in [-0.1, -0.05) is 12.1 Å². The first-order valence-corrected chi connectivity index (χ1v) is 7.98. The lowest BCUT2D eigenvalue weighted by Gasteiger charge is -2.11. The number of carbonyl (C=O) groups is 1. The molecule has 0 aliphatic heterocycles. The molecule has 0 saturated carbocycles. The van der Waals surface area contributed by atoms with Crippen LogP contribution in [-0.2, 0) is 10.9 Å². The van der Waals surface area contributed by atoms with Crippen LogP contribution in [0, 0.1) is 0 Å². The maximum Gasteiger partial charge on any atom is 0.416 e. The zero-order valence-corrected chi connectivity index (χ0v) is 13.7. The Bertz CT molecular complexity index is 1160. The molecule has 2 aromatic heterocycles. The second kappa shape index (κ2) is 5.72. The smallest absolute Gasteiger partial charge is 0.416 e. The third-order valence-electron chi connectivity index (χ3n) is 4.24. The number of rotatable bonds is 2. The summed E-state index contributed by atoms with van der Waals surface area (Å²) in [5.74, 6) is -0.662. The minimum atomic E-state index is -4.51. The van der Waals surface area contributed by atoms with Crippen LogP contribution >= 0.6 is 0 Å². The Kier molecular flexibility index (Phi) is 3.61. The molecule has 0 N–H and O–H groups in total. The standard InChI is InChI=1S/C19H13F3N2O2/c1-2-26-18(25)14-10-15-17(23-16-5-3-4-8-24(15)16)12-7-6-11(9-13(12)14)19(20,21)22/h3-10H,2H2,1H3. The molecule has 0 aliphatic carbocycles. The number of nitrogens with zero attached hydrogens (tertiary/aromatic N) is 2. The van der Waals surface area contributed by atoms with E-state index < -0.39 is 17.7 Å². The van der Waals surface area contributed by atoms with Crippen LogP contribution in [0.15, 0.2) is 48.7 Å². The third-order valence-corrected chi connectivity index (χ3v) is 4.24. The molecule has 2 aromatic carbocycles. The molecule has 0 aliphatic rings. The van der Waals surface area contributed by atoms with E-state index >= 15 is 0 Å². The van der Waals surface area contributed by atoms with Crippen LogP contribution in [0.2, 0.25) is 0 Å². The van der Waals surface area contributed by atoms with E-state index in [0.29, 0.717) is 22.1 Å². The Balaban J connectivity index is 2.14. The van der Waals surface area contributed by atoms with E-state index in [9.17, 15) is 18.0 Å². The van der Waals surface area contributed by atoms with Gasteiger partial charge >= 0.3 is 12.1 Å². The SMILES string of the molecule is CCOC(=O)c1cc2c(nc3ccccn32)c2ccc(C(F)(F)F)cc12. The molecule has 0 unspecified atom stereocenters. The molecule has 0 radical (unpaired) electrons. The molecule has 4 aromatic rings. The average molecular weight is 358 g/mol. The number of pyridine rings is 1. The van der Waals surface area contributed by atoms with Crippen LogP contribution < -0.4 is 0 Å². The number of benzene rings is 2. The molecular formula is C19H13F3N2O2. The Morgan fingerprint density at radius 1 is 1.15 bits per heavy atom. The number of fused-ring (bicyclic) bond motifs is 5. The maximum atomic E-state index is 13.1. The van der Waals surface area contributed by atoms with Gasteiger partial charge in [-0.25, -0.2) is 9.78 Å². The summed E-state index contributed by atoms with van der Waals surface area (Å²) in [5, 5.41) is 0.649. The second-order valence-electron chi connectivity index (χ2n) is 5.81. The van der Waals surface area contributed by atoms with Gasteiger partial charge in [-0.05, 0) is 42.6 Å². The molecular weight excluding hydrogens is 345 g/mol. The van der Waals surface area contributed by atoms with E-state index in [1.165, 1.54) is 12.1 Å². The van der Waals surface area contributed by atoms with Gasteiger partial charge in [-0.3, -0.25) is 4.40 Å². The number of ether oxygens (including phenoxy) is 1. The van der Waals surface area contributed by atoms with Crippen molar-refractivity contribution in [2.75, 3.05) is 6.61 Å². The summed E-state index contributed by atoms with van der Waals surface area (Å²) in [6, 6.07) is 10.3. The average Bonchev–Trinajstić information content (AvgIpc) is 2.99. The second-order valence-corrected chi connectivity index (χ2v) is 5.81. The van der Waals surface area contributed by atoms with E-state index in [4.69, 9.17) is 4.74 Å². The summed E-state index contributed by atoms with van der Waals surface area (Å²) in [7, 11) is 0. The Labute approximate surface area is 145 Å².